The normalized spacial score (nSPS) is 20.6. The van der Waals surface area contributed by atoms with Crippen LogP contribution < -0.4 is 19.5 Å². The SMILES string of the molecule is COc1ccc([C@]2(CC[NH2+]Cc3ccc(OC)c(OC)c3)CCOC(C)(C)C2)cc1. The van der Waals surface area contributed by atoms with Crippen LogP contribution in [0.2, 0.25) is 0 Å². The second-order valence-corrected chi connectivity index (χ2v) is 8.76. The van der Waals surface area contributed by atoms with E-state index in [1.807, 2.05) is 6.07 Å². The molecule has 2 aromatic carbocycles. The first-order chi connectivity index (χ1) is 14.4. The molecule has 0 spiro atoms. The van der Waals surface area contributed by atoms with Gasteiger partial charge in [-0.1, -0.05) is 12.1 Å². The van der Waals surface area contributed by atoms with Gasteiger partial charge in [0.15, 0.2) is 11.5 Å². The van der Waals surface area contributed by atoms with E-state index in [0.29, 0.717) is 0 Å². The number of methoxy groups -OCH3 is 3. The Morgan fingerprint density at radius 3 is 2.30 bits per heavy atom. The maximum Gasteiger partial charge on any atom is 0.161 e. The molecule has 0 saturated carbocycles. The third-order valence-corrected chi connectivity index (χ3v) is 6.19. The Bertz CT molecular complexity index is 818. The summed E-state index contributed by atoms with van der Waals surface area (Å²) in [5, 5.41) is 2.38. The van der Waals surface area contributed by atoms with Gasteiger partial charge in [-0.3, -0.25) is 0 Å². The molecule has 1 heterocycles. The lowest BCUT2D eigenvalue weighted by molar-refractivity contribution is -0.672. The number of quaternary nitrogens is 1. The number of ether oxygens (including phenoxy) is 4. The first-order valence-corrected chi connectivity index (χ1v) is 10.7. The van der Waals surface area contributed by atoms with Gasteiger partial charge in [-0.15, -0.1) is 0 Å². The number of hydrogen-bond donors (Lipinski definition) is 1. The van der Waals surface area contributed by atoms with Crippen LogP contribution in [-0.4, -0.2) is 40.1 Å². The van der Waals surface area contributed by atoms with Crippen molar-refractivity contribution in [3.8, 4) is 17.2 Å². The van der Waals surface area contributed by atoms with Gasteiger partial charge in [0, 0.05) is 24.0 Å². The van der Waals surface area contributed by atoms with Gasteiger partial charge in [0.2, 0.25) is 0 Å². The van der Waals surface area contributed by atoms with Crippen molar-refractivity contribution in [3.63, 3.8) is 0 Å². The van der Waals surface area contributed by atoms with Gasteiger partial charge < -0.3 is 24.3 Å². The molecule has 1 aliphatic rings. The summed E-state index contributed by atoms with van der Waals surface area (Å²) in [6.45, 7) is 7.18. The smallest absolute Gasteiger partial charge is 0.161 e. The zero-order chi connectivity index (χ0) is 21.6. The van der Waals surface area contributed by atoms with Gasteiger partial charge in [0.05, 0.1) is 33.5 Å². The highest BCUT2D eigenvalue weighted by Gasteiger charge is 2.42. The van der Waals surface area contributed by atoms with Gasteiger partial charge in [-0.25, -0.2) is 0 Å². The highest BCUT2D eigenvalue weighted by molar-refractivity contribution is 5.42. The largest absolute Gasteiger partial charge is 0.497 e. The Hall–Kier alpha value is -2.24. The van der Waals surface area contributed by atoms with Crippen LogP contribution in [0.3, 0.4) is 0 Å². The van der Waals surface area contributed by atoms with Crippen LogP contribution in [0.4, 0.5) is 0 Å². The van der Waals surface area contributed by atoms with Crippen LogP contribution in [0, 0.1) is 0 Å². The zero-order valence-electron chi connectivity index (χ0n) is 19.0. The molecular formula is C25H36NO4+. The maximum absolute atomic E-state index is 6.05. The molecule has 1 fully saturated rings. The number of benzene rings is 2. The van der Waals surface area contributed by atoms with Crippen molar-refractivity contribution >= 4 is 0 Å². The minimum Gasteiger partial charge on any atom is -0.497 e. The standard InChI is InChI=1S/C25H35NO4/c1-24(2)18-25(13-15-30-24,20-7-9-21(27-3)10-8-20)12-14-26-17-19-6-11-22(28-4)23(16-19)29-5/h6-11,16,26H,12-15,17-18H2,1-5H3/p+1/t25-/m1/s1. The van der Waals surface area contributed by atoms with Crippen LogP contribution in [0.25, 0.3) is 0 Å². The maximum atomic E-state index is 6.05. The lowest BCUT2D eigenvalue weighted by Gasteiger charge is -2.45. The lowest BCUT2D eigenvalue weighted by Crippen LogP contribution is -2.83. The van der Waals surface area contributed by atoms with E-state index in [9.17, 15) is 0 Å². The van der Waals surface area contributed by atoms with Crippen LogP contribution >= 0.6 is 0 Å². The van der Waals surface area contributed by atoms with E-state index in [0.717, 1.165) is 56.2 Å². The van der Waals surface area contributed by atoms with E-state index >= 15 is 0 Å². The molecule has 2 N–H and O–H groups in total. The summed E-state index contributed by atoms with van der Waals surface area (Å²) in [6, 6.07) is 14.8. The van der Waals surface area contributed by atoms with E-state index in [4.69, 9.17) is 18.9 Å². The molecule has 0 amide bonds. The van der Waals surface area contributed by atoms with Gasteiger partial charge in [-0.05, 0) is 62.6 Å². The molecule has 0 aliphatic carbocycles. The second-order valence-electron chi connectivity index (χ2n) is 8.76. The zero-order valence-corrected chi connectivity index (χ0v) is 19.0. The van der Waals surface area contributed by atoms with Crippen molar-refractivity contribution in [2.45, 2.75) is 50.7 Å². The van der Waals surface area contributed by atoms with E-state index in [-0.39, 0.29) is 11.0 Å². The predicted octanol–water partition coefficient (Wildman–Crippen LogP) is 3.69. The Morgan fingerprint density at radius 1 is 0.933 bits per heavy atom. The fraction of sp³-hybridized carbons (Fsp3) is 0.520. The fourth-order valence-corrected chi connectivity index (χ4v) is 4.68. The molecule has 1 saturated heterocycles. The molecule has 2 aromatic rings. The van der Waals surface area contributed by atoms with Crippen LogP contribution in [0.15, 0.2) is 42.5 Å². The Morgan fingerprint density at radius 2 is 1.67 bits per heavy atom. The van der Waals surface area contributed by atoms with E-state index < -0.39 is 0 Å². The summed E-state index contributed by atoms with van der Waals surface area (Å²) < 4.78 is 22.2. The molecule has 3 rings (SSSR count). The van der Waals surface area contributed by atoms with Gasteiger partial charge >= 0.3 is 0 Å². The lowest BCUT2D eigenvalue weighted by atomic mass is 9.67. The highest BCUT2D eigenvalue weighted by Crippen LogP contribution is 2.44. The van der Waals surface area contributed by atoms with E-state index in [2.05, 4.69) is 55.6 Å². The Balaban J connectivity index is 1.68. The van der Waals surface area contributed by atoms with Crippen LogP contribution in [0.1, 0.15) is 44.2 Å². The number of nitrogens with two attached hydrogens (primary N) is 1. The van der Waals surface area contributed by atoms with Gasteiger partial charge in [-0.2, -0.15) is 0 Å². The second kappa shape index (κ2) is 9.71. The topological polar surface area (TPSA) is 53.5 Å². The predicted molar refractivity (Wildman–Crippen MR) is 119 cm³/mol. The van der Waals surface area contributed by atoms with E-state index in [1.54, 1.807) is 21.3 Å². The molecular weight excluding hydrogens is 378 g/mol. The molecule has 5 nitrogen and oxygen atoms in total. The van der Waals surface area contributed by atoms with Crippen molar-refractivity contribution in [3.05, 3.63) is 53.6 Å². The first kappa shape index (κ1) is 22.4. The summed E-state index contributed by atoms with van der Waals surface area (Å²) >= 11 is 0. The van der Waals surface area contributed by atoms with Crippen LogP contribution in [-0.2, 0) is 16.7 Å². The van der Waals surface area contributed by atoms with Gasteiger partial charge in [0.1, 0.15) is 12.3 Å². The average Bonchev–Trinajstić information content (AvgIpc) is 2.76. The molecule has 1 aliphatic heterocycles. The van der Waals surface area contributed by atoms with Crippen molar-refractivity contribution in [2.75, 3.05) is 34.5 Å². The molecule has 30 heavy (non-hydrogen) atoms. The third-order valence-electron chi connectivity index (χ3n) is 6.19. The van der Waals surface area contributed by atoms with Crippen molar-refractivity contribution in [2.24, 2.45) is 0 Å². The summed E-state index contributed by atoms with van der Waals surface area (Å²) in [4.78, 5) is 0. The Kier molecular flexibility index (Phi) is 7.27. The number of hydrogen-bond acceptors (Lipinski definition) is 4. The molecule has 1 atom stereocenters. The van der Waals surface area contributed by atoms with Crippen molar-refractivity contribution in [1.82, 2.24) is 0 Å². The number of rotatable bonds is 9. The molecule has 164 valence electrons. The first-order valence-electron chi connectivity index (χ1n) is 10.7. The summed E-state index contributed by atoms with van der Waals surface area (Å²) in [6.07, 6.45) is 3.18. The third kappa shape index (κ3) is 5.27. The summed E-state index contributed by atoms with van der Waals surface area (Å²) in [7, 11) is 5.06. The van der Waals surface area contributed by atoms with Crippen molar-refractivity contribution in [1.29, 1.82) is 0 Å². The monoisotopic (exact) mass is 414 g/mol. The van der Waals surface area contributed by atoms with Gasteiger partial charge in [0.25, 0.3) is 0 Å². The fourth-order valence-electron chi connectivity index (χ4n) is 4.68. The molecule has 0 aromatic heterocycles. The quantitative estimate of drug-likeness (QED) is 0.636. The minimum absolute atomic E-state index is 0.110. The average molecular weight is 415 g/mol. The van der Waals surface area contributed by atoms with Crippen LogP contribution in [0.5, 0.6) is 17.2 Å². The summed E-state index contributed by atoms with van der Waals surface area (Å²) in [5.74, 6) is 2.45. The molecule has 0 unspecified atom stereocenters. The Labute approximate surface area is 180 Å². The summed E-state index contributed by atoms with van der Waals surface area (Å²) in [5.41, 5.74) is 2.64. The van der Waals surface area contributed by atoms with E-state index in [1.165, 1.54) is 11.1 Å². The minimum atomic E-state index is -0.110. The van der Waals surface area contributed by atoms with Crippen molar-refractivity contribution < 1.29 is 24.3 Å². The molecule has 0 radical (unpaired) electrons. The molecule has 5 heteroatoms. The highest BCUT2D eigenvalue weighted by atomic mass is 16.5. The molecule has 0 bridgehead atoms.